The first-order valence-corrected chi connectivity index (χ1v) is 4.90. The summed E-state index contributed by atoms with van der Waals surface area (Å²) in [6.45, 7) is 5.02. The second-order valence-electron chi connectivity index (χ2n) is 2.92. The largest absolute Gasteiger partial charge is 0.328 e. The summed E-state index contributed by atoms with van der Waals surface area (Å²) >= 11 is 3.43. The van der Waals surface area contributed by atoms with E-state index in [0.29, 0.717) is 0 Å². The van der Waals surface area contributed by atoms with Crippen molar-refractivity contribution in [2.45, 2.75) is 32.9 Å². The molecule has 0 aliphatic carbocycles. The molecular weight excluding hydrogens is 218 g/mol. The molecule has 68 valence electrons. The van der Waals surface area contributed by atoms with Crippen molar-refractivity contribution in [1.82, 2.24) is 9.55 Å². The molecule has 0 saturated heterocycles. The number of hydrogen-bond donors (Lipinski definition) is 1. The van der Waals surface area contributed by atoms with Crippen molar-refractivity contribution in [2.24, 2.45) is 5.73 Å². The molecule has 4 heteroatoms. The first kappa shape index (κ1) is 9.74. The lowest BCUT2D eigenvalue weighted by Crippen LogP contribution is -2.20. The van der Waals surface area contributed by atoms with Crippen LogP contribution in [0.5, 0.6) is 0 Å². The van der Waals surface area contributed by atoms with Crippen LogP contribution in [0, 0.1) is 0 Å². The van der Waals surface area contributed by atoms with Gasteiger partial charge in [-0.25, -0.2) is 4.98 Å². The van der Waals surface area contributed by atoms with Gasteiger partial charge in [-0.15, -0.1) is 0 Å². The van der Waals surface area contributed by atoms with Crippen LogP contribution in [0.15, 0.2) is 10.8 Å². The van der Waals surface area contributed by atoms with Gasteiger partial charge in [0.15, 0.2) is 0 Å². The Hall–Kier alpha value is -0.350. The van der Waals surface area contributed by atoms with Gasteiger partial charge in [-0.3, -0.25) is 0 Å². The summed E-state index contributed by atoms with van der Waals surface area (Å²) in [5.41, 5.74) is 5.69. The first-order chi connectivity index (χ1) is 5.65. The Bertz CT molecular complexity index is 255. The van der Waals surface area contributed by atoms with Crippen LogP contribution in [-0.4, -0.2) is 15.6 Å². The number of aromatic nitrogens is 2. The van der Waals surface area contributed by atoms with Crippen LogP contribution >= 0.6 is 15.9 Å². The number of imidazole rings is 1. The highest BCUT2D eigenvalue weighted by molar-refractivity contribution is 9.10. The Morgan fingerprint density at radius 1 is 1.75 bits per heavy atom. The average Bonchev–Trinajstić information content (AvgIpc) is 2.30. The van der Waals surface area contributed by atoms with Crippen LogP contribution in [0.3, 0.4) is 0 Å². The van der Waals surface area contributed by atoms with Gasteiger partial charge < -0.3 is 10.3 Å². The van der Waals surface area contributed by atoms with Crippen molar-refractivity contribution in [2.75, 3.05) is 0 Å². The van der Waals surface area contributed by atoms with E-state index in [9.17, 15) is 0 Å². The van der Waals surface area contributed by atoms with Gasteiger partial charge in [0, 0.05) is 19.0 Å². The smallest absolute Gasteiger partial charge is 0.111 e. The van der Waals surface area contributed by atoms with Crippen molar-refractivity contribution in [1.29, 1.82) is 0 Å². The van der Waals surface area contributed by atoms with Crippen LogP contribution in [0.2, 0.25) is 0 Å². The SMILES string of the molecule is CCn1c(Br)cnc1CC(C)N. The van der Waals surface area contributed by atoms with Crippen LogP contribution in [0.1, 0.15) is 19.7 Å². The van der Waals surface area contributed by atoms with E-state index < -0.39 is 0 Å². The molecule has 0 aliphatic rings. The Labute approximate surface area is 81.1 Å². The van der Waals surface area contributed by atoms with E-state index in [2.05, 4.69) is 32.4 Å². The maximum Gasteiger partial charge on any atom is 0.111 e. The summed E-state index contributed by atoms with van der Waals surface area (Å²) in [6, 6.07) is 0.171. The summed E-state index contributed by atoms with van der Waals surface area (Å²) in [6.07, 6.45) is 2.65. The van der Waals surface area contributed by atoms with Crippen LogP contribution < -0.4 is 5.73 Å². The molecule has 2 N–H and O–H groups in total. The molecule has 0 aromatic carbocycles. The van der Waals surface area contributed by atoms with Gasteiger partial charge in [0.1, 0.15) is 10.4 Å². The van der Waals surface area contributed by atoms with Gasteiger partial charge in [-0.05, 0) is 29.8 Å². The Kier molecular flexibility index (Phi) is 3.29. The Morgan fingerprint density at radius 2 is 2.42 bits per heavy atom. The Morgan fingerprint density at radius 3 is 2.92 bits per heavy atom. The molecule has 0 amide bonds. The van der Waals surface area contributed by atoms with Crippen molar-refractivity contribution in [3.8, 4) is 0 Å². The van der Waals surface area contributed by atoms with Crippen molar-refractivity contribution >= 4 is 15.9 Å². The molecule has 0 radical (unpaired) electrons. The number of nitrogens with zero attached hydrogens (tertiary/aromatic N) is 2. The van der Waals surface area contributed by atoms with Gasteiger partial charge in [-0.1, -0.05) is 0 Å². The number of rotatable bonds is 3. The van der Waals surface area contributed by atoms with Crippen LogP contribution in [0.25, 0.3) is 0 Å². The molecule has 1 atom stereocenters. The normalized spacial score (nSPS) is 13.3. The lowest BCUT2D eigenvalue weighted by Gasteiger charge is -2.07. The lowest BCUT2D eigenvalue weighted by atomic mass is 10.2. The van der Waals surface area contributed by atoms with Gasteiger partial charge in [0.25, 0.3) is 0 Å². The maximum atomic E-state index is 5.69. The molecule has 1 rings (SSSR count). The monoisotopic (exact) mass is 231 g/mol. The summed E-state index contributed by atoms with van der Waals surface area (Å²) < 4.78 is 3.14. The standard InChI is InChI=1S/C8H14BrN3/c1-3-12-7(9)5-11-8(12)4-6(2)10/h5-6H,3-4,10H2,1-2H3. The quantitative estimate of drug-likeness (QED) is 0.859. The molecule has 1 unspecified atom stereocenters. The summed E-state index contributed by atoms with van der Waals surface area (Å²) in [5.74, 6) is 1.05. The fourth-order valence-electron chi connectivity index (χ4n) is 1.17. The Balaban J connectivity index is 2.84. The van der Waals surface area contributed by atoms with E-state index in [1.807, 2.05) is 13.1 Å². The van der Waals surface area contributed by atoms with Crippen molar-refractivity contribution in [3.63, 3.8) is 0 Å². The second-order valence-corrected chi connectivity index (χ2v) is 3.74. The van der Waals surface area contributed by atoms with Crippen LogP contribution in [-0.2, 0) is 13.0 Å². The van der Waals surface area contributed by atoms with E-state index in [1.54, 1.807) is 0 Å². The zero-order valence-corrected chi connectivity index (χ0v) is 9.00. The number of nitrogens with two attached hydrogens (primary N) is 1. The lowest BCUT2D eigenvalue weighted by molar-refractivity contribution is 0.630. The first-order valence-electron chi connectivity index (χ1n) is 4.10. The van der Waals surface area contributed by atoms with Gasteiger partial charge >= 0.3 is 0 Å². The molecule has 12 heavy (non-hydrogen) atoms. The third-order valence-electron chi connectivity index (χ3n) is 1.71. The minimum atomic E-state index is 0.171. The van der Waals surface area contributed by atoms with Crippen LogP contribution in [0.4, 0.5) is 0 Å². The van der Waals surface area contributed by atoms with Gasteiger partial charge in [0.05, 0.1) is 6.20 Å². The predicted molar refractivity (Wildman–Crippen MR) is 53.0 cm³/mol. The molecule has 0 bridgehead atoms. The van der Waals surface area contributed by atoms with Gasteiger partial charge in [0.2, 0.25) is 0 Å². The minimum Gasteiger partial charge on any atom is -0.328 e. The van der Waals surface area contributed by atoms with Gasteiger partial charge in [-0.2, -0.15) is 0 Å². The van der Waals surface area contributed by atoms with E-state index >= 15 is 0 Å². The third kappa shape index (κ3) is 2.08. The highest BCUT2D eigenvalue weighted by atomic mass is 79.9. The molecule has 0 spiro atoms. The van der Waals surface area contributed by atoms with E-state index in [4.69, 9.17) is 5.73 Å². The molecule has 1 heterocycles. The topological polar surface area (TPSA) is 43.8 Å². The highest BCUT2D eigenvalue weighted by Crippen LogP contribution is 2.13. The fourth-order valence-corrected chi connectivity index (χ4v) is 1.73. The molecular formula is C8H14BrN3. The fraction of sp³-hybridized carbons (Fsp3) is 0.625. The van der Waals surface area contributed by atoms with E-state index in [0.717, 1.165) is 23.4 Å². The molecule has 3 nitrogen and oxygen atoms in total. The molecule has 0 fully saturated rings. The average molecular weight is 232 g/mol. The zero-order valence-electron chi connectivity index (χ0n) is 7.42. The van der Waals surface area contributed by atoms with Crippen molar-refractivity contribution < 1.29 is 0 Å². The summed E-state index contributed by atoms with van der Waals surface area (Å²) in [7, 11) is 0. The second kappa shape index (κ2) is 4.05. The number of halogens is 1. The molecule has 1 aromatic heterocycles. The van der Waals surface area contributed by atoms with E-state index in [-0.39, 0.29) is 6.04 Å². The van der Waals surface area contributed by atoms with Crippen molar-refractivity contribution in [3.05, 3.63) is 16.6 Å². The molecule has 0 saturated carbocycles. The van der Waals surface area contributed by atoms with E-state index in [1.165, 1.54) is 0 Å². The predicted octanol–water partition coefficient (Wildman–Crippen LogP) is 1.56. The highest BCUT2D eigenvalue weighted by Gasteiger charge is 2.07. The summed E-state index contributed by atoms with van der Waals surface area (Å²) in [4.78, 5) is 4.26. The molecule has 1 aromatic rings. The zero-order chi connectivity index (χ0) is 9.14. The minimum absolute atomic E-state index is 0.171. The number of hydrogen-bond acceptors (Lipinski definition) is 2. The third-order valence-corrected chi connectivity index (χ3v) is 2.34. The molecule has 0 aliphatic heterocycles. The maximum absolute atomic E-state index is 5.69. The summed E-state index contributed by atoms with van der Waals surface area (Å²) in [5, 5.41) is 0.